The molecule has 0 fully saturated rings. The number of aromatic carboxylic acids is 2. The van der Waals surface area contributed by atoms with Crippen molar-refractivity contribution in [1.82, 2.24) is 0 Å². The number of carboxylic acids is 2. The van der Waals surface area contributed by atoms with Gasteiger partial charge in [-0.2, -0.15) is 0 Å². The molecule has 4 heteroatoms. The van der Waals surface area contributed by atoms with Gasteiger partial charge in [0.25, 0.3) is 0 Å². The van der Waals surface area contributed by atoms with E-state index in [0.29, 0.717) is 0 Å². The quantitative estimate of drug-likeness (QED) is 0.722. The number of terminal acetylenes is 1. The molecule has 0 aliphatic heterocycles. The molecule has 0 bridgehead atoms. The second-order valence-electron chi connectivity index (χ2n) is 2.73. The van der Waals surface area contributed by atoms with Gasteiger partial charge in [-0.25, -0.2) is 9.59 Å². The average Bonchev–Trinajstić information content (AvgIpc) is 2.25. The van der Waals surface area contributed by atoms with Gasteiger partial charge in [-0.3, -0.25) is 0 Å². The maximum Gasteiger partial charge on any atom is 0.336 e. The zero-order valence-corrected chi connectivity index (χ0v) is 8.02. The summed E-state index contributed by atoms with van der Waals surface area (Å²) in [5, 5.41) is 17.7. The van der Waals surface area contributed by atoms with Crippen LogP contribution in [0.4, 0.5) is 0 Å². The van der Waals surface area contributed by atoms with Crippen LogP contribution in [0.5, 0.6) is 0 Å². The van der Waals surface area contributed by atoms with Gasteiger partial charge in [0, 0.05) is 0 Å². The Morgan fingerprint density at radius 2 is 1.62 bits per heavy atom. The van der Waals surface area contributed by atoms with E-state index in [0.717, 1.165) is 0 Å². The fraction of sp³-hybridized carbons (Fsp3) is 0. The largest absolute Gasteiger partial charge is 0.478 e. The molecule has 1 aromatic carbocycles. The zero-order chi connectivity index (χ0) is 12.1. The highest BCUT2D eigenvalue weighted by Gasteiger charge is 2.16. The first-order chi connectivity index (χ1) is 7.57. The highest BCUT2D eigenvalue weighted by Crippen LogP contribution is 2.14. The Bertz CT molecular complexity index is 520. The summed E-state index contributed by atoms with van der Waals surface area (Å²) >= 11 is 0. The number of benzene rings is 1. The summed E-state index contributed by atoms with van der Waals surface area (Å²) in [6.45, 7) is 0. The van der Waals surface area contributed by atoms with Gasteiger partial charge in [0.2, 0.25) is 0 Å². The molecule has 0 aliphatic rings. The Morgan fingerprint density at radius 3 is 2.00 bits per heavy atom. The molecule has 0 radical (unpaired) electrons. The summed E-state index contributed by atoms with van der Waals surface area (Å²) in [6, 6.07) is 3.89. The van der Waals surface area contributed by atoms with E-state index >= 15 is 0 Å². The Hall–Kier alpha value is -2.72. The molecule has 1 rings (SSSR count). The molecule has 0 saturated carbocycles. The molecule has 1 aromatic rings. The van der Waals surface area contributed by atoms with Gasteiger partial charge in [-0.1, -0.05) is 12.0 Å². The Balaban J connectivity index is 3.54. The predicted octanol–water partition coefficient (Wildman–Crippen LogP) is 1.07. The van der Waals surface area contributed by atoms with Gasteiger partial charge in [0.15, 0.2) is 0 Å². The molecule has 0 heterocycles. The lowest BCUT2D eigenvalue weighted by Crippen LogP contribution is -2.07. The topological polar surface area (TPSA) is 74.6 Å². The number of hydrogen-bond acceptors (Lipinski definition) is 2. The summed E-state index contributed by atoms with van der Waals surface area (Å²) in [5.41, 5.74) is -0.439. The Kier molecular flexibility index (Phi) is 3.32. The lowest BCUT2D eigenvalue weighted by atomic mass is 10.0. The molecule has 0 atom stereocenters. The van der Waals surface area contributed by atoms with Crippen LogP contribution in [0, 0.1) is 24.2 Å². The summed E-state index contributed by atoms with van der Waals surface area (Å²) in [6.07, 6.45) is 4.91. The lowest BCUT2D eigenvalue weighted by Gasteiger charge is -2.02. The molecule has 0 spiro atoms. The van der Waals surface area contributed by atoms with Gasteiger partial charge in [0.05, 0.1) is 16.7 Å². The highest BCUT2D eigenvalue weighted by atomic mass is 16.4. The second-order valence-corrected chi connectivity index (χ2v) is 2.73. The Labute approximate surface area is 91.5 Å². The molecule has 16 heavy (non-hydrogen) atoms. The fourth-order valence-electron chi connectivity index (χ4n) is 1.14. The van der Waals surface area contributed by atoms with Crippen LogP contribution in [0.25, 0.3) is 0 Å². The molecule has 0 aliphatic carbocycles. The monoisotopic (exact) mass is 214 g/mol. The van der Waals surface area contributed by atoms with E-state index in [1.807, 2.05) is 5.92 Å². The molecule has 0 saturated heterocycles. The van der Waals surface area contributed by atoms with Crippen LogP contribution in [0.3, 0.4) is 0 Å². The lowest BCUT2D eigenvalue weighted by molar-refractivity contribution is 0.0696. The third kappa shape index (κ3) is 2.20. The molecular weight excluding hydrogens is 208 g/mol. The minimum atomic E-state index is -1.25. The van der Waals surface area contributed by atoms with Gasteiger partial charge in [0.1, 0.15) is 0 Å². The number of hydrogen-bond donors (Lipinski definition) is 2. The first-order valence-corrected chi connectivity index (χ1v) is 4.14. The molecule has 78 valence electrons. The minimum absolute atomic E-state index is 0.0829. The van der Waals surface area contributed by atoms with Gasteiger partial charge >= 0.3 is 11.9 Å². The van der Waals surface area contributed by atoms with Crippen LogP contribution in [-0.2, 0) is 0 Å². The van der Waals surface area contributed by atoms with Crippen molar-refractivity contribution in [2.24, 2.45) is 0 Å². The van der Waals surface area contributed by atoms with Crippen molar-refractivity contribution in [3.05, 3.63) is 34.9 Å². The van der Waals surface area contributed by atoms with Gasteiger partial charge < -0.3 is 10.2 Å². The Morgan fingerprint density at radius 1 is 1.12 bits per heavy atom. The van der Waals surface area contributed by atoms with Crippen LogP contribution < -0.4 is 0 Å². The maximum absolute atomic E-state index is 10.8. The van der Waals surface area contributed by atoms with Crippen molar-refractivity contribution in [1.29, 1.82) is 0 Å². The smallest absolute Gasteiger partial charge is 0.336 e. The van der Waals surface area contributed by atoms with Crippen LogP contribution in [0.1, 0.15) is 26.3 Å². The number of carbonyl (C=O) groups is 2. The van der Waals surface area contributed by atoms with Crippen LogP contribution >= 0.6 is 0 Å². The van der Waals surface area contributed by atoms with Crippen LogP contribution in [-0.4, -0.2) is 22.2 Å². The SMILES string of the molecule is C#CC#Cc1c(C(=O)O)cccc1C(=O)O. The molecule has 2 N–H and O–H groups in total. The normalized spacial score (nSPS) is 8.44. The van der Waals surface area contributed by atoms with Crippen molar-refractivity contribution in [3.8, 4) is 24.2 Å². The number of rotatable bonds is 2. The maximum atomic E-state index is 10.8. The second kappa shape index (κ2) is 4.68. The highest BCUT2D eigenvalue weighted by molar-refractivity contribution is 5.98. The third-order valence-corrected chi connectivity index (χ3v) is 1.78. The molecule has 0 amide bonds. The van der Waals surface area contributed by atoms with E-state index in [-0.39, 0.29) is 16.7 Å². The summed E-state index contributed by atoms with van der Waals surface area (Å²) in [5.74, 6) is 4.06. The summed E-state index contributed by atoms with van der Waals surface area (Å²) < 4.78 is 0. The van der Waals surface area contributed by atoms with E-state index in [1.54, 1.807) is 0 Å². The first kappa shape index (κ1) is 11.4. The van der Waals surface area contributed by atoms with Crippen molar-refractivity contribution in [3.63, 3.8) is 0 Å². The summed E-state index contributed by atoms with van der Waals surface area (Å²) in [7, 11) is 0. The average molecular weight is 214 g/mol. The third-order valence-electron chi connectivity index (χ3n) is 1.78. The van der Waals surface area contributed by atoms with Crippen LogP contribution in [0.15, 0.2) is 18.2 Å². The van der Waals surface area contributed by atoms with E-state index in [2.05, 4.69) is 11.8 Å². The van der Waals surface area contributed by atoms with E-state index in [9.17, 15) is 9.59 Å². The van der Waals surface area contributed by atoms with Crippen molar-refractivity contribution in [2.45, 2.75) is 0 Å². The summed E-state index contributed by atoms with van der Waals surface area (Å²) in [4.78, 5) is 21.7. The minimum Gasteiger partial charge on any atom is -0.478 e. The van der Waals surface area contributed by atoms with Gasteiger partial charge in [-0.15, -0.1) is 6.42 Å². The van der Waals surface area contributed by atoms with Crippen molar-refractivity contribution >= 4 is 11.9 Å². The van der Waals surface area contributed by atoms with Crippen LogP contribution in [0.2, 0.25) is 0 Å². The van der Waals surface area contributed by atoms with Gasteiger partial charge in [-0.05, 0) is 24.0 Å². The van der Waals surface area contributed by atoms with Crippen molar-refractivity contribution in [2.75, 3.05) is 0 Å². The first-order valence-electron chi connectivity index (χ1n) is 4.14. The molecule has 0 unspecified atom stereocenters. The molecule has 4 nitrogen and oxygen atoms in total. The molecule has 0 aromatic heterocycles. The zero-order valence-electron chi connectivity index (χ0n) is 8.02. The van der Waals surface area contributed by atoms with E-state index in [1.165, 1.54) is 18.2 Å². The van der Waals surface area contributed by atoms with E-state index < -0.39 is 11.9 Å². The standard InChI is InChI=1S/C12H6O4/c1-2-3-5-8-9(11(13)14)6-4-7-10(8)12(15)16/h1,4,6-7H,(H,13,14)(H,15,16). The van der Waals surface area contributed by atoms with Crippen molar-refractivity contribution < 1.29 is 19.8 Å². The predicted molar refractivity (Wildman–Crippen MR) is 56.1 cm³/mol. The fourth-order valence-corrected chi connectivity index (χ4v) is 1.14. The van der Waals surface area contributed by atoms with E-state index in [4.69, 9.17) is 16.6 Å². The molecular formula is C12H6O4. The number of carboxylic acid groups (broad SMARTS) is 2.